The third kappa shape index (κ3) is 2.83. The van der Waals surface area contributed by atoms with Gasteiger partial charge in [0, 0.05) is 12.7 Å². The summed E-state index contributed by atoms with van der Waals surface area (Å²) in [5, 5.41) is 2.52. The number of imide groups is 2. The Morgan fingerprint density at radius 2 is 1.76 bits per heavy atom. The Morgan fingerprint density at radius 3 is 2.24 bits per heavy atom. The molecular weight excluding hydrogens is 278 g/mol. The molecule has 1 saturated heterocycles. The van der Waals surface area contributed by atoms with E-state index in [-0.39, 0.29) is 0 Å². The first-order valence-corrected chi connectivity index (χ1v) is 6.01. The number of hydrogen-bond donors (Lipinski definition) is 1. The molecule has 1 aromatic carbocycles. The third-order valence-electron chi connectivity index (χ3n) is 2.93. The Kier molecular flexibility index (Phi) is 3.88. The average Bonchev–Trinajstić information content (AvgIpc) is 2.66. The summed E-state index contributed by atoms with van der Waals surface area (Å²) < 4.78 is 4.98. The van der Waals surface area contributed by atoms with Crippen LogP contribution in [0.5, 0.6) is 5.75 Å². The van der Waals surface area contributed by atoms with Crippen LogP contribution in [0.1, 0.15) is 0 Å². The zero-order valence-corrected chi connectivity index (χ0v) is 11.5. The number of benzene rings is 1. The van der Waals surface area contributed by atoms with Crippen LogP contribution in [0.15, 0.2) is 24.3 Å². The van der Waals surface area contributed by atoms with Crippen molar-refractivity contribution in [2.45, 2.75) is 0 Å². The number of carbonyl (C=O) groups excluding carboxylic acids is 4. The number of rotatable bonds is 4. The molecule has 8 heteroatoms. The molecule has 0 bridgehead atoms. The molecule has 2 rings (SSSR count). The average molecular weight is 291 g/mol. The highest BCUT2D eigenvalue weighted by atomic mass is 16.5. The van der Waals surface area contributed by atoms with Crippen molar-refractivity contribution in [2.24, 2.45) is 0 Å². The Morgan fingerprint density at radius 1 is 1.14 bits per heavy atom. The second-order valence-electron chi connectivity index (χ2n) is 4.31. The molecule has 8 nitrogen and oxygen atoms in total. The van der Waals surface area contributed by atoms with E-state index in [0.717, 1.165) is 0 Å². The van der Waals surface area contributed by atoms with Gasteiger partial charge in [-0.25, -0.2) is 9.69 Å². The largest absolute Gasteiger partial charge is 0.497 e. The van der Waals surface area contributed by atoms with Crippen molar-refractivity contribution >= 4 is 29.4 Å². The van der Waals surface area contributed by atoms with Gasteiger partial charge in [0.2, 0.25) is 5.91 Å². The van der Waals surface area contributed by atoms with Gasteiger partial charge in [-0.2, -0.15) is 0 Å². The summed E-state index contributed by atoms with van der Waals surface area (Å²) in [5.74, 6) is -1.90. The Balaban J connectivity index is 2.00. The number of urea groups is 1. The fourth-order valence-corrected chi connectivity index (χ4v) is 1.77. The Labute approximate surface area is 120 Å². The van der Waals surface area contributed by atoms with Crippen LogP contribution in [-0.2, 0) is 14.4 Å². The Bertz CT molecular complexity index is 611. The van der Waals surface area contributed by atoms with Gasteiger partial charge >= 0.3 is 17.8 Å². The van der Waals surface area contributed by atoms with E-state index in [9.17, 15) is 19.2 Å². The van der Waals surface area contributed by atoms with E-state index in [4.69, 9.17) is 4.74 Å². The maximum Gasteiger partial charge on any atom is 0.334 e. The van der Waals surface area contributed by atoms with Crippen molar-refractivity contribution in [2.75, 3.05) is 26.0 Å². The second-order valence-corrected chi connectivity index (χ2v) is 4.31. The monoisotopic (exact) mass is 291 g/mol. The molecular formula is C13H13N3O5. The molecule has 1 heterocycles. The molecule has 1 fully saturated rings. The molecule has 0 spiro atoms. The number of amides is 5. The molecule has 110 valence electrons. The number of methoxy groups -OCH3 is 1. The zero-order chi connectivity index (χ0) is 15.6. The van der Waals surface area contributed by atoms with E-state index in [0.29, 0.717) is 21.2 Å². The maximum atomic E-state index is 11.8. The lowest BCUT2D eigenvalue weighted by atomic mass is 10.3. The van der Waals surface area contributed by atoms with E-state index in [1.807, 2.05) is 0 Å². The van der Waals surface area contributed by atoms with Gasteiger partial charge in [-0.05, 0) is 24.3 Å². The van der Waals surface area contributed by atoms with Gasteiger partial charge in [-0.3, -0.25) is 19.3 Å². The first-order chi connectivity index (χ1) is 9.93. The SMILES string of the molecule is COc1ccc(NC(=O)CN2C(=O)C(=O)N(C)C2=O)cc1. The lowest BCUT2D eigenvalue weighted by Gasteiger charge is -2.12. The van der Waals surface area contributed by atoms with Gasteiger partial charge in [0.15, 0.2) is 0 Å². The number of ether oxygens (including phenoxy) is 1. The summed E-state index contributed by atoms with van der Waals surface area (Å²) in [6.45, 7) is -0.514. The smallest absolute Gasteiger partial charge is 0.334 e. The fraction of sp³-hybridized carbons (Fsp3) is 0.231. The summed E-state index contributed by atoms with van der Waals surface area (Å²) >= 11 is 0. The first kappa shape index (κ1) is 14.5. The molecule has 1 N–H and O–H groups in total. The van der Waals surface area contributed by atoms with Gasteiger partial charge in [0.1, 0.15) is 12.3 Å². The van der Waals surface area contributed by atoms with Gasteiger partial charge < -0.3 is 10.1 Å². The highest BCUT2D eigenvalue weighted by molar-refractivity contribution is 6.44. The number of nitrogens with zero attached hydrogens (tertiary/aromatic N) is 2. The summed E-state index contributed by atoms with van der Waals surface area (Å²) in [5.41, 5.74) is 0.486. The molecule has 0 atom stereocenters. The standard InChI is InChI=1S/C13H13N3O5/c1-15-11(18)12(19)16(13(15)20)7-10(17)14-8-3-5-9(21-2)6-4-8/h3-6H,7H2,1-2H3,(H,14,17). The van der Waals surface area contributed by atoms with Gasteiger partial charge in [0.05, 0.1) is 7.11 Å². The molecule has 0 aliphatic carbocycles. The van der Waals surface area contributed by atoms with Gasteiger partial charge in [-0.15, -0.1) is 0 Å². The van der Waals surface area contributed by atoms with Crippen molar-refractivity contribution in [1.29, 1.82) is 0 Å². The topological polar surface area (TPSA) is 96.0 Å². The summed E-state index contributed by atoms with van der Waals surface area (Å²) in [4.78, 5) is 47.5. The molecule has 0 unspecified atom stereocenters. The third-order valence-corrected chi connectivity index (χ3v) is 2.93. The normalized spacial score (nSPS) is 14.7. The van der Waals surface area contributed by atoms with Crippen molar-refractivity contribution in [3.63, 3.8) is 0 Å². The Hall–Kier alpha value is -2.90. The number of nitrogens with one attached hydrogen (secondary N) is 1. The minimum Gasteiger partial charge on any atom is -0.497 e. The maximum absolute atomic E-state index is 11.8. The highest BCUT2D eigenvalue weighted by Gasteiger charge is 2.42. The van der Waals surface area contributed by atoms with Crippen LogP contribution >= 0.6 is 0 Å². The predicted molar refractivity (Wildman–Crippen MR) is 71.5 cm³/mol. The van der Waals surface area contributed by atoms with Gasteiger partial charge in [0.25, 0.3) is 0 Å². The minimum atomic E-state index is -1.01. The predicted octanol–water partition coefficient (Wildman–Crippen LogP) is 0.0543. The van der Waals surface area contributed by atoms with Crippen LogP contribution < -0.4 is 10.1 Å². The molecule has 1 aromatic rings. The number of hydrogen-bond acceptors (Lipinski definition) is 5. The van der Waals surface area contributed by atoms with Crippen molar-refractivity contribution in [3.8, 4) is 5.75 Å². The lowest BCUT2D eigenvalue weighted by Crippen LogP contribution is -2.38. The molecule has 0 aromatic heterocycles. The quantitative estimate of drug-likeness (QED) is 0.625. The second kappa shape index (κ2) is 5.61. The van der Waals surface area contributed by atoms with Crippen molar-refractivity contribution in [1.82, 2.24) is 9.80 Å². The summed E-state index contributed by atoms with van der Waals surface area (Å²) in [7, 11) is 2.70. The van der Waals surface area contributed by atoms with Crippen LogP contribution in [-0.4, -0.2) is 54.3 Å². The van der Waals surface area contributed by atoms with Crippen LogP contribution in [0.2, 0.25) is 0 Å². The zero-order valence-electron chi connectivity index (χ0n) is 11.5. The molecule has 0 radical (unpaired) electrons. The first-order valence-electron chi connectivity index (χ1n) is 6.01. The van der Waals surface area contributed by atoms with Crippen molar-refractivity contribution < 1.29 is 23.9 Å². The van der Waals surface area contributed by atoms with Crippen LogP contribution in [0, 0.1) is 0 Å². The molecule has 1 aliphatic heterocycles. The van der Waals surface area contributed by atoms with E-state index in [2.05, 4.69) is 5.32 Å². The molecule has 21 heavy (non-hydrogen) atoms. The van der Waals surface area contributed by atoms with E-state index in [1.54, 1.807) is 24.3 Å². The summed E-state index contributed by atoms with van der Waals surface area (Å²) in [6.07, 6.45) is 0. The number of anilines is 1. The molecule has 0 saturated carbocycles. The van der Waals surface area contributed by atoms with Crippen LogP contribution in [0.25, 0.3) is 0 Å². The lowest BCUT2D eigenvalue weighted by molar-refractivity contribution is -0.143. The highest BCUT2D eigenvalue weighted by Crippen LogP contribution is 2.15. The van der Waals surface area contributed by atoms with E-state index in [1.165, 1.54) is 14.2 Å². The molecule has 1 aliphatic rings. The van der Waals surface area contributed by atoms with Crippen LogP contribution in [0.3, 0.4) is 0 Å². The fourth-order valence-electron chi connectivity index (χ4n) is 1.77. The minimum absolute atomic E-state index is 0.486. The van der Waals surface area contributed by atoms with Crippen LogP contribution in [0.4, 0.5) is 10.5 Å². The summed E-state index contributed by atoms with van der Waals surface area (Å²) in [6, 6.07) is 5.72. The molecule has 5 amide bonds. The van der Waals surface area contributed by atoms with Crippen molar-refractivity contribution in [3.05, 3.63) is 24.3 Å². The van der Waals surface area contributed by atoms with E-state index >= 15 is 0 Å². The number of likely N-dealkylation sites (N-methyl/N-ethyl adjacent to an activating group) is 1. The van der Waals surface area contributed by atoms with Gasteiger partial charge in [-0.1, -0.05) is 0 Å². The number of carbonyl (C=O) groups is 4. The van der Waals surface area contributed by atoms with E-state index < -0.39 is 30.3 Å².